The van der Waals surface area contributed by atoms with E-state index in [9.17, 15) is 9.59 Å². The van der Waals surface area contributed by atoms with Crippen molar-refractivity contribution < 1.29 is 9.59 Å². The molecule has 1 aromatic carbocycles. The summed E-state index contributed by atoms with van der Waals surface area (Å²) in [6.07, 6.45) is 3.02. The Kier molecular flexibility index (Phi) is 6.63. The smallest absolute Gasteiger partial charge is 0.257 e. The highest BCUT2D eigenvalue weighted by molar-refractivity contribution is 6.30. The molecule has 29 heavy (non-hydrogen) atoms. The van der Waals surface area contributed by atoms with Gasteiger partial charge in [-0.2, -0.15) is 5.10 Å². The maximum absolute atomic E-state index is 13.2. The highest BCUT2D eigenvalue weighted by Gasteiger charge is 2.30. The summed E-state index contributed by atoms with van der Waals surface area (Å²) in [6.45, 7) is 9.18. The average molecular weight is 417 g/mol. The number of carbonyl (C=O) groups excluding carboxylic acids is 2. The molecule has 0 bridgehead atoms. The Balaban J connectivity index is 1.78. The van der Waals surface area contributed by atoms with Crippen molar-refractivity contribution in [3.63, 3.8) is 0 Å². The normalized spacial score (nSPS) is 15.2. The number of piperidine rings is 1. The number of rotatable bonds is 5. The second kappa shape index (κ2) is 8.99. The topological polar surface area (TPSA) is 67.2 Å². The minimum absolute atomic E-state index is 0.0234. The maximum atomic E-state index is 13.2. The number of nitrogens with zero attached hydrogens (tertiary/aromatic N) is 3. The molecule has 0 spiro atoms. The van der Waals surface area contributed by atoms with Crippen molar-refractivity contribution in [1.29, 1.82) is 0 Å². The van der Waals surface area contributed by atoms with Gasteiger partial charge in [0.2, 0.25) is 5.91 Å². The minimum Gasteiger partial charge on any atom is -0.354 e. The molecule has 0 saturated carbocycles. The Morgan fingerprint density at radius 2 is 1.86 bits per heavy atom. The predicted molar refractivity (Wildman–Crippen MR) is 115 cm³/mol. The van der Waals surface area contributed by atoms with Crippen molar-refractivity contribution in [1.82, 2.24) is 20.0 Å². The molecule has 1 saturated heterocycles. The van der Waals surface area contributed by atoms with Crippen molar-refractivity contribution in [2.75, 3.05) is 13.1 Å². The first-order valence-electron chi connectivity index (χ1n) is 10.2. The van der Waals surface area contributed by atoms with Crippen LogP contribution in [-0.2, 0) is 4.79 Å². The molecular formula is C22H29ClN4O2. The number of nitrogens with one attached hydrogen (secondary N) is 1. The van der Waals surface area contributed by atoms with Crippen LogP contribution in [0.1, 0.15) is 62.5 Å². The van der Waals surface area contributed by atoms with Crippen LogP contribution in [0.4, 0.5) is 0 Å². The van der Waals surface area contributed by atoms with E-state index in [0.717, 1.165) is 11.4 Å². The Bertz CT molecular complexity index is 883. The summed E-state index contributed by atoms with van der Waals surface area (Å²) < 4.78 is 1.80. The standard InChI is InChI=1S/C22H29ClN4O2/c1-14(2)20-19(13-24-27(20)18-7-5-6-17(23)12-18)22(29)26-10-8-16(9-11-26)21(28)25-15(3)4/h5-7,12-16H,8-11H2,1-4H3,(H,25,28). The van der Waals surface area contributed by atoms with Crippen molar-refractivity contribution in [2.24, 2.45) is 5.92 Å². The molecule has 6 nitrogen and oxygen atoms in total. The van der Waals surface area contributed by atoms with E-state index in [2.05, 4.69) is 24.3 Å². The third-order valence-corrected chi connectivity index (χ3v) is 5.46. The highest BCUT2D eigenvalue weighted by Crippen LogP contribution is 2.27. The second-order valence-electron chi connectivity index (χ2n) is 8.22. The van der Waals surface area contributed by atoms with Gasteiger partial charge in [-0.15, -0.1) is 0 Å². The number of halogens is 1. The van der Waals surface area contributed by atoms with Gasteiger partial charge in [0.1, 0.15) is 0 Å². The van der Waals surface area contributed by atoms with Crippen LogP contribution in [0.3, 0.4) is 0 Å². The number of likely N-dealkylation sites (tertiary alicyclic amines) is 1. The lowest BCUT2D eigenvalue weighted by Crippen LogP contribution is -2.44. The van der Waals surface area contributed by atoms with Crippen molar-refractivity contribution in [3.05, 3.63) is 46.7 Å². The zero-order chi connectivity index (χ0) is 21.1. The van der Waals surface area contributed by atoms with Gasteiger partial charge in [0.15, 0.2) is 0 Å². The molecule has 156 valence electrons. The fourth-order valence-electron chi connectivity index (χ4n) is 3.81. The van der Waals surface area contributed by atoms with Gasteiger partial charge in [-0.25, -0.2) is 4.68 Å². The molecule has 2 heterocycles. The summed E-state index contributed by atoms with van der Waals surface area (Å²) in [5.74, 6) is 0.151. The third-order valence-electron chi connectivity index (χ3n) is 5.22. The Labute approximate surface area is 177 Å². The summed E-state index contributed by atoms with van der Waals surface area (Å²) >= 11 is 6.14. The Morgan fingerprint density at radius 3 is 2.45 bits per heavy atom. The molecule has 1 aliphatic heterocycles. The number of amides is 2. The van der Waals surface area contributed by atoms with Crippen molar-refractivity contribution in [3.8, 4) is 5.69 Å². The molecule has 2 amide bonds. The lowest BCUT2D eigenvalue weighted by molar-refractivity contribution is -0.126. The molecule has 0 unspecified atom stereocenters. The van der Waals surface area contributed by atoms with Gasteiger partial charge >= 0.3 is 0 Å². The van der Waals surface area contributed by atoms with E-state index in [-0.39, 0.29) is 29.7 Å². The predicted octanol–water partition coefficient (Wildman–Crippen LogP) is 4.03. The van der Waals surface area contributed by atoms with E-state index in [0.29, 0.717) is 36.5 Å². The quantitative estimate of drug-likeness (QED) is 0.800. The van der Waals surface area contributed by atoms with Crippen molar-refractivity contribution >= 4 is 23.4 Å². The SMILES string of the molecule is CC(C)NC(=O)C1CCN(C(=O)c2cnn(-c3cccc(Cl)c3)c2C(C)C)CC1. The number of carbonyl (C=O) groups is 2. The monoisotopic (exact) mass is 416 g/mol. The molecule has 1 aliphatic rings. The first kappa shape index (κ1) is 21.4. The van der Waals surface area contributed by atoms with Crippen LogP contribution < -0.4 is 5.32 Å². The maximum Gasteiger partial charge on any atom is 0.257 e. The Hall–Kier alpha value is -2.34. The van der Waals surface area contributed by atoms with Gasteiger partial charge in [-0.1, -0.05) is 31.5 Å². The van der Waals surface area contributed by atoms with Crippen LogP contribution in [0.15, 0.2) is 30.5 Å². The molecule has 1 fully saturated rings. The molecule has 2 aromatic rings. The Morgan fingerprint density at radius 1 is 1.17 bits per heavy atom. The third kappa shape index (κ3) is 4.81. The first-order valence-corrected chi connectivity index (χ1v) is 10.6. The van der Waals surface area contributed by atoms with Crippen molar-refractivity contribution in [2.45, 2.75) is 52.5 Å². The minimum atomic E-state index is -0.0276. The van der Waals surface area contributed by atoms with Crippen LogP contribution >= 0.6 is 11.6 Å². The molecule has 7 heteroatoms. The van der Waals surface area contributed by atoms with Crippen LogP contribution in [0.25, 0.3) is 5.69 Å². The molecular weight excluding hydrogens is 388 g/mol. The lowest BCUT2D eigenvalue weighted by Gasteiger charge is -2.32. The van der Waals surface area contributed by atoms with Gasteiger partial charge in [-0.05, 0) is 50.8 Å². The molecule has 3 rings (SSSR count). The van der Waals surface area contributed by atoms with Crippen LogP contribution in [0, 0.1) is 5.92 Å². The summed E-state index contributed by atoms with van der Waals surface area (Å²) in [5.41, 5.74) is 2.33. The van der Waals surface area contributed by atoms with E-state index in [1.165, 1.54) is 0 Å². The van der Waals surface area contributed by atoms with Gasteiger partial charge < -0.3 is 10.2 Å². The zero-order valence-electron chi connectivity index (χ0n) is 17.5. The highest BCUT2D eigenvalue weighted by atomic mass is 35.5. The number of hydrogen-bond donors (Lipinski definition) is 1. The fraction of sp³-hybridized carbons (Fsp3) is 0.500. The van der Waals surface area contributed by atoms with E-state index in [1.807, 2.05) is 43.0 Å². The van der Waals surface area contributed by atoms with E-state index >= 15 is 0 Å². The zero-order valence-corrected chi connectivity index (χ0v) is 18.2. The van der Waals surface area contributed by atoms with Gasteiger partial charge in [0.25, 0.3) is 5.91 Å². The summed E-state index contributed by atoms with van der Waals surface area (Å²) in [4.78, 5) is 27.3. The molecule has 0 atom stereocenters. The molecule has 0 aliphatic carbocycles. The van der Waals surface area contributed by atoms with E-state index in [1.54, 1.807) is 10.9 Å². The fourth-order valence-corrected chi connectivity index (χ4v) is 3.99. The molecule has 0 radical (unpaired) electrons. The second-order valence-corrected chi connectivity index (χ2v) is 8.66. The van der Waals surface area contributed by atoms with Crippen LogP contribution in [0.2, 0.25) is 5.02 Å². The van der Waals surface area contributed by atoms with Gasteiger partial charge in [0.05, 0.1) is 23.1 Å². The van der Waals surface area contributed by atoms with Gasteiger partial charge in [0, 0.05) is 30.1 Å². The lowest BCUT2D eigenvalue weighted by atomic mass is 9.94. The summed E-state index contributed by atoms with van der Waals surface area (Å²) in [7, 11) is 0. The molecule has 1 N–H and O–H groups in total. The summed E-state index contributed by atoms with van der Waals surface area (Å²) in [5, 5.41) is 8.09. The molecule has 1 aromatic heterocycles. The summed E-state index contributed by atoms with van der Waals surface area (Å²) in [6, 6.07) is 7.59. The van der Waals surface area contributed by atoms with E-state index < -0.39 is 0 Å². The number of aromatic nitrogens is 2. The average Bonchev–Trinajstić information content (AvgIpc) is 3.12. The first-order chi connectivity index (χ1) is 13.8. The van der Waals surface area contributed by atoms with Gasteiger partial charge in [-0.3, -0.25) is 9.59 Å². The van der Waals surface area contributed by atoms with Crippen LogP contribution in [-0.4, -0.2) is 45.6 Å². The van der Waals surface area contributed by atoms with Crippen LogP contribution in [0.5, 0.6) is 0 Å². The van der Waals surface area contributed by atoms with E-state index in [4.69, 9.17) is 11.6 Å². The number of benzene rings is 1. The largest absolute Gasteiger partial charge is 0.354 e. The number of hydrogen-bond acceptors (Lipinski definition) is 3.